The summed E-state index contributed by atoms with van der Waals surface area (Å²) in [5, 5.41) is 5.95. The zero-order chi connectivity index (χ0) is 18.8. The molecule has 4 aromatic rings. The van der Waals surface area contributed by atoms with Crippen molar-refractivity contribution in [1.82, 2.24) is 19.9 Å². The highest BCUT2D eigenvalue weighted by atomic mass is 16.1. The molecule has 5 heteroatoms. The molecule has 0 aliphatic heterocycles. The monoisotopic (exact) mass is 358 g/mol. The number of rotatable bonds is 5. The summed E-state index contributed by atoms with van der Waals surface area (Å²) in [4.78, 5) is 19.0. The summed E-state index contributed by atoms with van der Waals surface area (Å²) in [6.45, 7) is 4.79. The summed E-state index contributed by atoms with van der Waals surface area (Å²) in [5.74, 6) is 0. The van der Waals surface area contributed by atoms with Gasteiger partial charge in [-0.25, -0.2) is 4.79 Å². The van der Waals surface area contributed by atoms with Crippen LogP contribution in [0.5, 0.6) is 0 Å². The second kappa shape index (κ2) is 7.21. The lowest BCUT2D eigenvalue weighted by atomic mass is 10.1. The average Bonchev–Trinajstić information content (AvgIpc) is 3.04. The predicted octanol–water partition coefficient (Wildman–Crippen LogP) is 3.87. The first-order chi connectivity index (χ1) is 13.1. The average molecular weight is 358 g/mol. The van der Waals surface area contributed by atoms with Crippen molar-refractivity contribution >= 4 is 10.8 Å². The normalized spacial score (nSPS) is 12.4. The lowest BCUT2D eigenvalue weighted by Crippen LogP contribution is -2.19. The minimum atomic E-state index is -0.116. The van der Waals surface area contributed by atoms with Crippen LogP contribution in [0.3, 0.4) is 0 Å². The van der Waals surface area contributed by atoms with Crippen molar-refractivity contribution in [3.63, 3.8) is 0 Å². The van der Waals surface area contributed by atoms with Gasteiger partial charge in [-0.1, -0.05) is 36.4 Å². The summed E-state index contributed by atoms with van der Waals surface area (Å²) >= 11 is 0. The maximum Gasteiger partial charge on any atom is 0.330 e. The summed E-state index contributed by atoms with van der Waals surface area (Å²) < 4.78 is 1.67. The number of nitrogens with one attached hydrogen (secondary N) is 2. The van der Waals surface area contributed by atoms with E-state index in [2.05, 4.69) is 52.5 Å². The quantitative estimate of drug-likeness (QED) is 0.569. The Labute approximate surface area is 157 Å². The van der Waals surface area contributed by atoms with Gasteiger partial charge in [0.1, 0.15) is 0 Å². The minimum Gasteiger partial charge on any atom is -0.312 e. The Balaban J connectivity index is 1.50. The Morgan fingerprint density at radius 1 is 1.11 bits per heavy atom. The van der Waals surface area contributed by atoms with Crippen molar-refractivity contribution < 1.29 is 0 Å². The van der Waals surface area contributed by atoms with Crippen LogP contribution in [-0.2, 0) is 6.54 Å². The number of nitrogens with zero attached hydrogens (tertiary/aromatic N) is 2. The highest BCUT2D eigenvalue weighted by Crippen LogP contribution is 2.20. The fourth-order valence-corrected chi connectivity index (χ4v) is 3.39. The van der Waals surface area contributed by atoms with E-state index in [4.69, 9.17) is 0 Å². The van der Waals surface area contributed by atoms with E-state index in [1.165, 1.54) is 16.5 Å². The van der Waals surface area contributed by atoms with Gasteiger partial charge in [0.15, 0.2) is 0 Å². The maximum absolute atomic E-state index is 11.9. The molecule has 0 bridgehead atoms. The number of benzene rings is 2. The third-order valence-electron chi connectivity index (χ3n) is 4.96. The summed E-state index contributed by atoms with van der Waals surface area (Å²) in [6.07, 6.45) is 5.54. The number of aromatic amines is 1. The van der Waals surface area contributed by atoms with Gasteiger partial charge in [-0.2, -0.15) is 0 Å². The number of pyridine rings is 1. The van der Waals surface area contributed by atoms with E-state index in [1.807, 2.05) is 37.5 Å². The molecule has 2 heterocycles. The van der Waals surface area contributed by atoms with Crippen LogP contribution in [0.25, 0.3) is 16.5 Å². The number of hydrogen-bond acceptors (Lipinski definition) is 3. The molecule has 0 saturated heterocycles. The van der Waals surface area contributed by atoms with Crippen LogP contribution in [0.2, 0.25) is 0 Å². The standard InChI is InChI=1S/C22H22N4O/c1-15-11-25-22(27)26(15)20-9-7-17(8-10-20)16(2)24-14-19-13-23-12-18-5-3-4-6-21(18)19/h3-13,16,24H,14H2,1-2H3,(H,25,27). The van der Waals surface area contributed by atoms with Gasteiger partial charge in [0.2, 0.25) is 0 Å². The molecule has 0 saturated carbocycles. The molecule has 0 amide bonds. The molecule has 2 aromatic heterocycles. The van der Waals surface area contributed by atoms with Crippen molar-refractivity contribution in [2.75, 3.05) is 0 Å². The third kappa shape index (κ3) is 3.41. The van der Waals surface area contributed by atoms with E-state index in [0.717, 1.165) is 23.3 Å². The molecule has 5 nitrogen and oxygen atoms in total. The van der Waals surface area contributed by atoms with E-state index < -0.39 is 0 Å². The lowest BCUT2D eigenvalue weighted by Gasteiger charge is -2.16. The maximum atomic E-state index is 11.9. The number of aryl methyl sites for hydroxylation is 1. The molecule has 27 heavy (non-hydrogen) atoms. The Morgan fingerprint density at radius 3 is 2.63 bits per heavy atom. The molecule has 0 aliphatic rings. The highest BCUT2D eigenvalue weighted by Gasteiger charge is 2.09. The van der Waals surface area contributed by atoms with Crippen LogP contribution in [0.1, 0.15) is 29.8 Å². The summed E-state index contributed by atoms with van der Waals surface area (Å²) in [6, 6.07) is 16.6. The first-order valence-electron chi connectivity index (χ1n) is 9.06. The largest absolute Gasteiger partial charge is 0.330 e. The molecular formula is C22H22N4O. The number of H-pyrrole nitrogens is 1. The van der Waals surface area contributed by atoms with Gasteiger partial charge in [0, 0.05) is 42.3 Å². The number of imidazole rings is 1. The molecule has 0 spiro atoms. The van der Waals surface area contributed by atoms with Crippen molar-refractivity contribution in [2.45, 2.75) is 26.4 Å². The van der Waals surface area contributed by atoms with Crippen molar-refractivity contribution in [2.24, 2.45) is 0 Å². The van der Waals surface area contributed by atoms with Crippen molar-refractivity contribution in [3.8, 4) is 5.69 Å². The number of aromatic nitrogens is 3. The van der Waals surface area contributed by atoms with E-state index in [0.29, 0.717) is 0 Å². The molecule has 2 N–H and O–H groups in total. The minimum absolute atomic E-state index is 0.116. The topological polar surface area (TPSA) is 62.7 Å². The molecule has 0 aliphatic carbocycles. The Morgan fingerprint density at radius 2 is 1.89 bits per heavy atom. The summed E-state index contributed by atoms with van der Waals surface area (Å²) in [7, 11) is 0. The van der Waals surface area contributed by atoms with E-state index in [9.17, 15) is 4.79 Å². The molecule has 2 aromatic carbocycles. The molecule has 0 radical (unpaired) electrons. The van der Waals surface area contributed by atoms with Gasteiger partial charge in [-0.05, 0) is 42.5 Å². The lowest BCUT2D eigenvalue weighted by molar-refractivity contribution is 0.575. The Bertz CT molecular complexity index is 1120. The highest BCUT2D eigenvalue weighted by molar-refractivity contribution is 5.84. The molecule has 0 fully saturated rings. The molecule has 1 atom stereocenters. The Kier molecular flexibility index (Phi) is 4.60. The van der Waals surface area contributed by atoms with Gasteiger partial charge in [-0.3, -0.25) is 9.55 Å². The van der Waals surface area contributed by atoms with Gasteiger partial charge in [-0.15, -0.1) is 0 Å². The van der Waals surface area contributed by atoms with Crippen LogP contribution < -0.4 is 11.0 Å². The first kappa shape index (κ1) is 17.2. The van der Waals surface area contributed by atoms with Gasteiger partial charge < -0.3 is 10.3 Å². The van der Waals surface area contributed by atoms with Gasteiger partial charge in [0.05, 0.1) is 5.69 Å². The Hall–Kier alpha value is -3.18. The second-order valence-corrected chi connectivity index (χ2v) is 6.78. The van der Waals surface area contributed by atoms with E-state index >= 15 is 0 Å². The summed E-state index contributed by atoms with van der Waals surface area (Å²) in [5.41, 5.74) is 4.00. The third-order valence-corrected chi connectivity index (χ3v) is 4.96. The van der Waals surface area contributed by atoms with Crippen molar-refractivity contribution in [1.29, 1.82) is 0 Å². The smallest absolute Gasteiger partial charge is 0.312 e. The van der Waals surface area contributed by atoms with Crippen LogP contribution >= 0.6 is 0 Å². The zero-order valence-electron chi connectivity index (χ0n) is 15.4. The molecule has 4 rings (SSSR count). The SMILES string of the molecule is Cc1c[nH]c(=O)n1-c1ccc(C(C)NCc2cncc3ccccc23)cc1. The van der Waals surface area contributed by atoms with Crippen LogP contribution in [0.15, 0.2) is 71.9 Å². The fraction of sp³-hybridized carbons (Fsp3) is 0.182. The van der Waals surface area contributed by atoms with Gasteiger partial charge in [0.25, 0.3) is 0 Å². The molecule has 136 valence electrons. The van der Waals surface area contributed by atoms with E-state index in [1.54, 1.807) is 10.8 Å². The van der Waals surface area contributed by atoms with Crippen LogP contribution in [0.4, 0.5) is 0 Å². The number of hydrogen-bond donors (Lipinski definition) is 2. The van der Waals surface area contributed by atoms with Crippen LogP contribution in [0, 0.1) is 6.92 Å². The first-order valence-corrected chi connectivity index (χ1v) is 9.06. The second-order valence-electron chi connectivity index (χ2n) is 6.78. The van der Waals surface area contributed by atoms with Crippen LogP contribution in [-0.4, -0.2) is 14.5 Å². The van der Waals surface area contributed by atoms with E-state index in [-0.39, 0.29) is 11.7 Å². The van der Waals surface area contributed by atoms with Gasteiger partial charge >= 0.3 is 5.69 Å². The predicted molar refractivity (Wildman–Crippen MR) is 108 cm³/mol. The number of fused-ring (bicyclic) bond motifs is 1. The fourth-order valence-electron chi connectivity index (χ4n) is 3.39. The molecule has 1 unspecified atom stereocenters. The van der Waals surface area contributed by atoms with Crippen molar-refractivity contribution in [3.05, 3.63) is 94.4 Å². The molecular weight excluding hydrogens is 336 g/mol. The zero-order valence-corrected chi connectivity index (χ0v) is 15.4.